The summed E-state index contributed by atoms with van der Waals surface area (Å²) in [5, 5.41) is 6.59. The molecule has 0 aliphatic carbocycles. The largest absolute Gasteiger partial charge is 0.373 e. The first-order chi connectivity index (χ1) is 8.00. The summed E-state index contributed by atoms with van der Waals surface area (Å²) in [6.45, 7) is 6.63. The van der Waals surface area contributed by atoms with E-state index in [2.05, 4.69) is 24.5 Å². The minimum Gasteiger partial charge on any atom is -0.373 e. The zero-order valence-corrected chi connectivity index (χ0v) is 11.2. The van der Waals surface area contributed by atoms with Crippen LogP contribution < -0.4 is 10.6 Å². The van der Waals surface area contributed by atoms with Crippen molar-refractivity contribution in [3.63, 3.8) is 0 Å². The number of anilines is 1. The van der Waals surface area contributed by atoms with Crippen LogP contribution in [0.15, 0.2) is 24.3 Å². The van der Waals surface area contributed by atoms with Crippen LogP contribution in [0.4, 0.5) is 5.69 Å². The molecule has 1 aromatic carbocycles. The summed E-state index contributed by atoms with van der Waals surface area (Å²) in [5.74, 6) is 0.435. The van der Waals surface area contributed by atoms with E-state index in [0.29, 0.717) is 17.5 Å². The maximum absolute atomic E-state index is 11.7. The summed E-state index contributed by atoms with van der Waals surface area (Å²) in [7, 11) is 0. The van der Waals surface area contributed by atoms with Gasteiger partial charge in [0.05, 0.1) is 10.7 Å². The van der Waals surface area contributed by atoms with E-state index in [1.807, 2.05) is 25.1 Å². The predicted octanol–water partition coefficient (Wildman–Crippen LogP) is 2.91. The van der Waals surface area contributed by atoms with Crippen molar-refractivity contribution in [1.29, 1.82) is 0 Å². The number of amides is 1. The SMILES string of the molecule is CC(C)CNC(=O)C(C)Nc1ccccc1Cl. The molecule has 1 aromatic rings. The number of carbonyl (C=O) groups excluding carboxylic acids is 1. The van der Waals surface area contributed by atoms with Crippen molar-refractivity contribution in [2.75, 3.05) is 11.9 Å². The molecule has 17 heavy (non-hydrogen) atoms. The molecule has 2 N–H and O–H groups in total. The minimum absolute atomic E-state index is 0.0152. The van der Waals surface area contributed by atoms with Crippen molar-refractivity contribution in [3.8, 4) is 0 Å². The normalized spacial score (nSPS) is 12.3. The lowest BCUT2D eigenvalue weighted by atomic mass is 10.2. The summed E-state index contributed by atoms with van der Waals surface area (Å²) in [4.78, 5) is 11.7. The highest BCUT2D eigenvalue weighted by atomic mass is 35.5. The van der Waals surface area contributed by atoms with Crippen LogP contribution in [-0.2, 0) is 4.79 Å². The van der Waals surface area contributed by atoms with E-state index in [4.69, 9.17) is 11.6 Å². The summed E-state index contributed by atoms with van der Waals surface area (Å²) < 4.78 is 0. The Kier molecular flexibility index (Phi) is 5.29. The fourth-order valence-corrected chi connectivity index (χ4v) is 1.53. The Hall–Kier alpha value is -1.22. The average Bonchev–Trinajstić information content (AvgIpc) is 2.28. The van der Waals surface area contributed by atoms with Crippen LogP contribution >= 0.6 is 11.6 Å². The zero-order valence-electron chi connectivity index (χ0n) is 10.5. The maximum atomic E-state index is 11.7. The second-order valence-electron chi connectivity index (χ2n) is 4.48. The molecule has 1 rings (SSSR count). The Labute approximate surface area is 108 Å². The van der Waals surface area contributed by atoms with E-state index in [-0.39, 0.29) is 11.9 Å². The number of nitrogens with one attached hydrogen (secondary N) is 2. The minimum atomic E-state index is -0.298. The molecule has 0 aliphatic heterocycles. The van der Waals surface area contributed by atoms with Gasteiger partial charge in [-0.2, -0.15) is 0 Å². The first-order valence-corrected chi connectivity index (χ1v) is 6.17. The molecule has 94 valence electrons. The van der Waals surface area contributed by atoms with Crippen molar-refractivity contribution in [1.82, 2.24) is 5.32 Å². The third-order valence-corrected chi connectivity index (χ3v) is 2.65. The first-order valence-electron chi connectivity index (χ1n) is 5.79. The number of hydrogen-bond donors (Lipinski definition) is 2. The van der Waals surface area contributed by atoms with Crippen LogP contribution in [0.1, 0.15) is 20.8 Å². The van der Waals surface area contributed by atoms with Gasteiger partial charge in [-0.15, -0.1) is 0 Å². The Bertz CT molecular complexity index is 379. The van der Waals surface area contributed by atoms with Crippen molar-refractivity contribution in [3.05, 3.63) is 29.3 Å². The quantitative estimate of drug-likeness (QED) is 0.848. The highest BCUT2D eigenvalue weighted by Crippen LogP contribution is 2.21. The standard InChI is InChI=1S/C13H19ClN2O/c1-9(2)8-15-13(17)10(3)16-12-7-5-4-6-11(12)14/h4-7,9-10,16H,8H2,1-3H3,(H,15,17). The van der Waals surface area contributed by atoms with Gasteiger partial charge >= 0.3 is 0 Å². The van der Waals surface area contributed by atoms with Crippen LogP contribution in [0.2, 0.25) is 5.02 Å². The van der Waals surface area contributed by atoms with Crippen LogP contribution in [0.5, 0.6) is 0 Å². The lowest BCUT2D eigenvalue weighted by Crippen LogP contribution is -2.39. The molecular formula is C13H19ClN2O. The van der Waals surface area contributed by atoms with Crippen molar-refractivity contribution in [2.45, 2.75) is 26.8 Å². The molecule has 0 fully saturated rings. The molecule has 0 radical (unpaired) electrons. The van der Waals surface area contributed by atoms with Crippen molar-refractivity contribution >= 4 is 23.2 Å². The molecule has 3 nitrogen and oxygen atoms in total. The Balaban J connectivity index is 2.51. The highest BCUT2D eigenvalue weighted by Gasteiger charge is 2.13. The van der Waals surface area contributed by atoms with Gasteiger partial charge in [0, 0.05) is 6.54 Å². The van der Waals surface area contributed by atoms with Crippen LogP contribution in [0.25, 0.3) is 0 Å². The van der Waals surface area contributed by atoms with Crippen molar-refractivity contribution in [2.24, 2.45) is 5.92 Å². The summed E-state index contributed by atoms with van der Waals surface area (Å²) in [6, 6.07) is 7.09. The lowest BCUT2D eigenvalue weighted by Gasteiger charge is -2.16. The van der Waals surface area contributed by atoms with E-state index in [0.717, 1.165) is 5.69 Å². The van der Waals surface area contributed by atoms with E-state index in [1.54, 1.807) is 6.07 Å². The predicted molar refractivity (Wildman–Crippen MR) is 72.4 cm³/mol. The third kappa shape index (κ3) is 4.65. The molecular weight excluding hydrogens is 236 g/mol. The summed E-state index contributed by atoms with van der Waals surface area (Å²) >= 11 is 6.01. The first kappa shape index (κ1) is 13.8. The number of carbonyl (C=O) groups is 1. The molecule has 0 aliphatic rings. The molecule has 0 bridgehead atoms. The van der Waals surface area contributed by atoms with Gasteiger partial charge in [0.25, 0.3) is 0 Å². The fourth-order valence-electron chi connectivity index (χ4n) is 1.33. The summed E-state index contributed by atoms with van der Waals surface area (Å²) in [5.41, 5.74) is 0.779. The average molecular weight is 255 g/mol. The van der Waals surface area contributed by atoms with Crippen molar-refractivity contribution < 1.29 is 4.79 Å². The van der Waals surface area contributed by atoms with Gasteiger partial charge in [-0.3, -0.25) is 4.79 Å². The van der Waals surface area contributed by atoms with E-state index < -0.39 is 0 Å². The van der Waals surface area contributed by atoms with Gasteiger partial charge in [-0.05, 0) is 25.0 Å². The fraction of sp³-hybridized carbons (Fsp3) is 0.462. The molecule has 0 saturated carbocycles. The summed E-state index contributed by atoms with van der Waals surface area (Å²) in [6.07, 6.45) is 0. The van der Waals surface area contributed by atoms with Crippen LogP contribution in [0.3, 0.4) is 0 Å². The molecule has 1 amide bonds. The van der Waals surface area contributed by atoms with Gasteiger partial charge < -0.3 is 10.6 Å². The van der Waals surface area contributed by atoms with Gasteiger partial charge in [0.2, 0.25) is 5.91 Å². The molecule has 0 spiro atoms. The molecule has 0 heterocycles. The second kappa shape index (κ2) is 6.50. The number of hydrogen-bond acceptors (Lipinski definition) is 2. The highest BCUT2D eigenvalue weighted by molar-refractivity contribution is 6.33. The monoisotopic (exact) mass is 254 g/mol. The number of para-hydroxylation sites is 1. The van der Waals surface area contributed by atoms with Gasteiger partial charge in [0.15, 0.2) is 0 Å². The molecule has 0 saturated heterocycles. The Morgan fingerprint density at radius 2 is 1.94 bits per heavy atom. The topological polar surface area (TPSA) is 41.1 Å². The number of benzene rings is 1. The van der Waals surface area contributed by atoms with E-state index >= 15 is 0 Å². The maximum Gasteiger partial charge on any atom is 0.242 e. The molecule has 1 unspecified atom stereocenters. The molecule has 4 heteroatoms. The lowest BCUT2D eigenvalue weighted by molar-refractivity contribution is -0.121. The smallest absolute Gasteiger partial charge is 0.242 e. The van der Waals surface area contributed by atoms with E-state index in [9.17, 15) is 4.79 Å². The Morgan fingerprint density at radius 1 is 1.29 bits per heavy atom. The van der Waals surface area contributed by atoms with Gasteiger partial charge in [0.1, 0.15) is 6.04 Å². The third-order valence-electron chi connectivity index (χ3n) is 2.32. The number of rotatable bonds is 5. The van der Waals surface area contributed by atoms with Gasteiger partial charge in [-0.25, -0.2) is 0 Å². The number of halogens is 1. The second-order valence-corrected chi connectivity index (χ2v) is 4.89. The van der Waals surface area contributed by atoms with Gasteiger partial charge in [-0.1, -0.05) is 37.6 Å². The van der Waals surface area contributed by atoms with E-state index in [1.165, 1.54) is 0 Å². The van der Waals surface area contributed by atoms with Crippen LogP contribution in [0, 0.1) is 5.92 Å². The van der Waals surface area contributed by atoms with Crippen LogP contribution in [-0.4, -0.2) is 18.5 Å². The molecule has 0 aromatic heterocycles. The zero-order chi connectivity index (χ0) is 12.8. The Morgan fingerprint density at radius 3 is 2.53 bits per heavy atom. The molecule has 1 atom stereocenters.